The van der Waals surface area contributed by atoms with Gasteiger partial charge in [0.1, 0.15) is 5.00 Å². The first-order chi connectivity index (χ1) is 14.0. The number of hydrogen-bond acceptors (Lipinski definition) is 3. The Morgan fingerprint density at radius 3 is 2.45 bits per heavy atom. The van der Waals surface area contributed by atoms with Crippen molar-refractivity contribution in [2.24, 2.45) is 0 Å². The smallest absolute Gasteiger partial charge is 0.280 e. The number of ketones is 1. The molecule has 4 rings (SSSR count). The van der Waals surface area contributed by atoms with Gasteiger partial charge < -0.3 is 9.80 Å². The summed E-state index contributed by atoms with van der Waals surface area (Å²) in [5.41, 5.74) is 2.58. The molecular formula is C24H31N2O2S+. The first-order valence-corrected chi connectivity index (χ1v) is 11.6. The van der Waals surface area contributed by atoms with E-state index in [1.54, 1.807) is 11.3 Å². The molecule has 0 saturated heterocycles. The SMILES string of the molecule is C[N+](C)(CC(=O)Nc1sc2c(c1C(=O)c1ccccc1)CCCC2)C1CCCC1. The zero-order valence-corrected chi connectivity index (χ0v) is 18.3. The van der Waals surface area contributed by atoms with Gasteiger partial charge in [0.05, 0.1) is 25.7 Å². The van der Waals surface area contributed by atoms with Crippen LogP contribution in [0.15, 0.2) is 30.3 Å². The van der Waals surface area contributed by atoms with E-state index in [-0.39, 0.29) is 11.7 Å². The van der Waals surface area contributed by atoms with E-state index in [1.807, 2.05) is 30.3 Å². The number of aryl methyl sites for hydroxylation is 1. The number of carbonyl (C=O) groups is 2. The fourth-order valence-electron chi connectivity index (χ4n) is 4.90. The number of hydrogen-bond donors (Lipinski definition) is 1. The maximum absolute atomic E-state index is 13.3. The van der Waals surface area contributed by atoms with Crippen molar-refractivity contribution in [1.82, 2.24) is 0 Å². The van der Waals surface area contributed by atoms with E-state index in [0.29, 0.717) is 18.2 Å². The standard InChI is InChI=1S/C24H30N2O2S/c1-26(2,18-12-6-7-13-18)16-21(27)25-24-22(19-14-8-9-15-20(19)29-24)23(28)17-10-4-3-5-11-17/h3-5,10-11,18H,6-9,12-16H2,1-2H3/p+1. The van der Waals surface area contributed by atoms with Crippen molar-refractivity contribution in [3.8, 4) is 0 Å². The molecule has 5 heteroatoms. The van der Waals surface area contributed by atoms with Gasteiger partial charge in [0.25, 0.3) is 5.91 Å². The molecule has 1 fully saturated rings. The highest BCUT2D eigenvalue weighted by Crippen LogP contribution is 2.39. The summed E-state index contributed by atoms with van der Waals surface area (Å²) >= 11 is 1.61. The second kappa shape index (κ2) is 8.41. The third-order valence-corrected chi connectivity index (χ3v) is 7.76. The lowest BCUT2D eigenvalue weighted by Gasteiger charge is -2.35. The van der Waals surface area contributed by atoms with Crippen LogP contribution in [0.3, 0.4) is 0 Å². The summed E-state index contributed by atoms with van der Waals surface area (Å²) in [5.74, 6) is 0.0486. The molecule has 0 unspecified atom stereocenters. The van der Waals surface area contributed by atoms with Crippen LogP contribution in [0, 0.1) is 0 Å². The van der Waals surface area contributed by atoms with Crippen molar-refractivity contribution in [3.63, 3.8) is 0 Å². The van der Waals surface area contributed by atoms with Gasteiger partial charge >= 0.3 is 0 Å². The van der Waals surface area contributed by atoms with Crippen LogP contribution in [-0.2, 0) is 17.6 Å². The van der Waals surface area contributed by atoms with Gasteiger partial charge in [-0.15, -0.1) is 11.3 Å². The van der Waals surface area contributed by atoms with E-state index in [2.05, 4.69) is 19.4 Å². The molecule has 0 atom stereocenters. The number of nitrogens with one attached hydrogen (secondary N) is 1. The molecule has 0 aliphatic heterocycles. The quantitative estimate of drug-likeness (QED) is 0.547. The van der Waals surface area contributed by atoms with Crippen LogP contribution in [0.1, 0.15) is 64.9 Å². The van der Waals surface area contributed by atoms with Crippen LogP contribution in [0.2, 0.25) is 0 Å². The van der Waals surface area contributed by atoms with E-state index in [4.69, 9.17) is 0 Å². The molecule has 1 aromatic carbocycles. The highest BCUT2D eigenvalue weighted by Gasteiger charge is 2.34. The largest absolute Gasteiger partial charge is 0.318 e. The number of rotatable bonds is 6. The Morgan fingerprint density at radius 1 is 1.03 bits per heavy atom. The predicted molar refractivity (Wildman–Crippen MR) is 119 cm³/mol. The molecule has 154 valence electrons. The lowest BCUT2D eigenvalue weighted by Crippen LogP contribution is -2.51. The molecule has 2 aliphatic rings. The lowest BCUT2D eigenvalue weighted by atomic mass is 9.92. The first-order valence-electron chi connectivity index (χ1n) is 10.8. The Kier molecular flexibility index (Phi) is 5.88. The Morgan fingerprint density at radius 2 is 1.72 bits per heavy atom. The van der Waals surface area contributed by atoms with E-state index in [9.17, 15) is 9.59 Å². The minimum Gasteiger partial charge on any atom is -0.318 e. The molecule has 1 heterocycles. The summed E-state index contributed by atoms with van der Waals surface area (Å²) in [6, 6.07) is 9.99. The van der Waals surface area contributed by atoms with E-state index >= 15 is 0 Å². The van der Waals surface area contributed by atoms with E-state index < -0.39 is 0 Å². The molecule has 1 amide bonds. The number of fused-ring (bicyclic) bond motifs is 1. The van der Waals surface area contributed by atoms with Crippen LogP contribution in [0.4, 0.5) is 5.00 Å². The Hall–Kier alpha value is -1.98. The minimum atomic E-state index is 0.0163. The Bertz CT molecular complexity index is 895. The van der Waals surface area contributed by atoms with Crippen molar-refractivity contribution < 1.29 is 14.1 Å². The van der Waals surface area contributed by atoms with Gasteiger partial charge in [0, 0.05) is 10.4 Å². The molecular weight excluding hydrogens is 380 g/mol. The van der Waals surface area contributed by atoms with Crippen molar-refractivity contribution >= 4 is 28.0 Å². The van der Waals surface area contributed by atoms with Crippen LogP contribution in [0.5, 0.6) is 0 Å². The number of amides is 1. The van der Waals surface area contributed by atoms with Gasteiger partial charge in [-0.2, -0.15) is 0 Å². The molecule has 0 radical (unpaired) electrons. The molecule has 1 aromatic heterocycles. The van der Waals surface area contributed by atoms with Gasteiger partial charge in [-0.1, -0.05) is 30.3 Å². The third kappa shape index (κ3) is 4.31. The highest BCUT2D eigenvalue weighted by molar-refractivity contribution is 7.17. The molecule has 1 saturated carbocycles. The average Bonchev–Trinajstić information content (AvgIpc) is 3.36. The molecule has 29 heavy (non-hydrogen) atoms. The number of likely N-dealkylation sites (N-methyl/N-ethyl adjacent to an activating group) is 1. The molecule has 2 aliphatic carbocycles. The van der Waals surface area contributed by atoms with Crippen LogP contribution in [0.25, 0.3) is 0 Å². The summed E-state index contributed by atoms with van der Waals surface area (Å²) in [6.07, 6.45) is 9.14. The maximum Gasteiger partial charge on any atom is 0.280 e. The zero-order valence-electron chi connectivity index (χ0n) is 17.5. The molecule has 0 spiro atoms. The van der Waals surface area contributed by atoms with E-state index in [1.165, 1.54) is 30.6 Å². The minimum absolute atomic E-state index is 0.0163. The number of benzene rings is 1. The Labute approximate surface area is 177 Å². The summed E-state index contributed by atoms with van der Waals surface area (Å²) in [6.45, 7) is 0.451. The lowest BCUT2D eigenvalue weighted by molar-refractivity contribution is -0.906. The molecule has 1 N–H and O–H groups in total. The molecule has 0 bridgehead atoms. The molecule has 4 nitrogen and oxygen atoms in total. The van der Waals surface area contributed by atoms with Crippen molar-refractivity contribution in [2.75, 3.05) is 26.0 Å². The third-order valence-electron chi connectivity index (χ3n) is 6.55. The van der Waals surface area contributed by atoms with Gasteiger partial charge in [-0.05, 0) is 56.9 Å². The summed E-state index contributed by atoms with van der Waals surface area (Å²) in [7, 11) is 4.32. The number of quaternary nitrogens is 1. The number of anilines is 1. The van der Waals surface area contributed by atoms with E-state index in [0.717, 1.165) is 46.3 Å². The monoisotopic (exact) mass is 411 g/mol. The predicted octanol–water partition coefficient (Wildman–Crippen LogP) is 4.82. The van der Waals surface area contributed by atoms with Crippen LogP contribution < -0.4 is 5.32 Å². The highest BCUT2D eigenvalue weighted by atomic mass is 32.1. The van der Waals surface area contributed by atoms with Crippen LogP contribution in [-0.4, -0.2) is 42.9 Å². The van der Waals surface area contributed by atoms with Gasteiger partial charge in [0.15, 0.2) is 12.3 Å². The van der Waals surface area contributed by atoms with Gasteiger partial charge in [-0.3, -0.25) is 9.59 Å². The Balaban J connectivity index is 1.59. The fourth-order valence-corrected chi connectivity index (χ4v) is 6.20. The summed E-state index contributed by atoms with van der Waals surface area (Å²) in [5, 5.41) is 3.89. The molecule has 2 aromatic rings. The fraction of sp³-hybridized carbons (Fsp3) is 0.500. The normalized spacial score (nSPS) is 17.2. The van der Waals surface area contributed by atoms with Crippen molar-refractivity contribution in [3.05, 3.63) is 51.9 Å². The number of carbonyl (C=O) groups excluding carboxylic acids is 2. The summed E-state index contributed by atoms with van der Waals surface area (Å²) < 4.78 is 0.721. The average molecular weight is 412 g/mol. The number of thiophene rings is 1. The van der Waals surface area contributed by atoms with Gasteiger partial charge in [0.2, 0.25) is 0 Å². The topological polar surface area (TPSA) is 46.2 Å². The maximum atomic E-state index is 13.3. The number of nitrogens with zero attached hydrogens (tertiary/aromatic N) is 1. The first kappa shape index (κ1) is 20.3. The second-order valence-electron chi connectivity index (χ2n) is 9.03. The zero-order chi connectivity index (χ0) is 20.4. The van der Waals surface area contributed by atoms with Crippen molar-refractivity contribution in [1.29, 1.82) is 0 Å². The van der Waals surface area contributed by atoms with Gasteiger partial charge in [-0.25, -0.2) is 0 Å². The van der Waals surface area contributed by atoms with Crippen LogP contribution >= 0.6 is 11.3 Å². The summed E-state index contributed by atoms with van der Waals surface area (Å²) in [4.78, 5) is 27.6. The van der Waals surface area contributed by atoms with Crippen molar-refractivity contribution in [2.45, 2.75) is 57.4 Å². The second-order valence-corrected chi connectivity index (χ2v) is 10.1.